The molecule has 0 aromatic carbocycles. The largest absolute Gasteiger partial charge is 0.305 e. The zero-order chi connectivity index (χ0) is 15.0. The van der Waals surface area contributed by atoms with Gasteiger partial charge in [0, 0.05) is 6.20 Å². The molecule has 0 aliphatic heterocycles. The number of carbonyl (C=O) groups excluding carboxylic acids is 1. The number of aromatic nitrogens is 3. The minimum atomic E-state index is -0.449. The van der Waals surface area contributed by atoms with Gasteiger partial charge in [0.2, 0.25) is 0 Å². The predicted molar refractivity (Wildman–Crippen MR) is 77.1 cm³/mol. The smallest absolute Gasteiger partial charge is 0.275 e. The third-order valence-corrected chi connectivity index (χ3v) is 3.14. The number of hydrogen-bond donors (Lipinski definition) is 1. The van der Waals surface area contributed by atoms with E-state index in [1.165, 1.54) is 22.7 Å². The summed E-state index contributed by atoms with van der Waals surface area (Å²) >= 11 is 5.77. The Morgan fingerprint density at radius 1 is 1.29 bits per heavy atom. The first-order valence-corrected chi connectivity index (χ1v) is 6.50. The van der Waals surface area contributed by atoms with E-state index in [0.717, 1.165) is 0 Å². The van der Waals surface area contributed by atoms with Crippen LogP contribution in [-0.4, -0.2) is 20.3 Å². The average Bonchev–Trinajstić information content (AvgIpc) is 2.74. The predicted octanol–water partition coefficient (Wildman–Crippen LogP) is 3.08. The lowest BCUT2D eigenvalue weighted by atomic mass is 10.3. The highest BCUT2D eigenvalue weighted by molar-refractivity contribution is 6.29. The highest BCUT2D eigenvalue weighted by atomic mass is 35.5. The molecule has 0 saturated heterocycles. The Morgan fingerprint density at radius 3 is 2.86 bits per heavy atom. The quantitative estimate of drug-likeness (QED) is 0.740. The third kappa shape index (κ3) is 2.57. The lowest BCUT2D eigenvalue weighted by molar-refractivity contribution is 0.102. The summed E-state index contributed by atoms with van der Waals surface area (Å²) in [6, 6.07) is 7.69. The lowest BCUT2D eigenvalue weighted by Gasteiger charge is -2.05. The van der Waals surface area contributed by atoms with E-state index in [9.17, 15) is 9.18 Å². The van der Waals surface area contributed by atoms with Crippen LogP contribution in [0.5, 0.6) is 0 Å². The zero-order valence-corrected chi connectivity index (χ0v) is 11.7. The number of fused-ring (bicyclic) bond motifs is 1. The Morgan fingerprint density at radius 2 is 2.10 bits per heavy atom. The molecule has 0 fully saturated rings. The van der Waals surface area contributed by atoms with Crippen LogP contribution in [0.4, 0.5) is 10.2 Å². The standard InChI is InChI=1S/C14H10ClFN4O/c1-8-13(20-7-9(16)5-6-12(20)17-8)14(21)19-11-4-2-3-10(15)18-11/h2-7H,1H3,(H,18,19,21). The second kappa shape index (κ2) is 5.14. The van der Waals surface area contributed by atoms with Crippen molar-refractivity contribution in [2.45, 2.75) is 6.92 Å². The van der Waals surface area contributed by atoms with E-state index < -0.39 is 11.7 Å². The Bertz CT molecular complexity index is 846. The van der Waals surface area contributed by atoms with Crippen molar-refractivity contribution in [3.63, 3.8) is 0 Å². The topological polar surface area (TPSA) is 59.3 Å². The SMILES string of the molecule is Cc1nc2ccc(F)cn2c1C(=O)Nc1cccc(Cl)n1. The molecule has 0 bridgehead atoms. The normalized spacial score (nSPS) is 10.8. The number of amides is 1. The van der Waals surface area contributed by atoms with E-state index in [4.69, 9.17) is 11.6 Å². The maximum atomic E-state index is 13.4. The van der Waals surface area contributed by atoms with Crippen LogP contribution >= 0.6 is 11.6 Å². The highest BCUT2D eigenvalue weighted by Crippen LogP contribution is 2.16. The van der Waals surface area contributed by atoms with Gasteiger partial charge >= 0.3 is 0 Å². The monoisotopic (exact) mass is 304 g/mol. The molecule has 3 heterocycles. The minimum absolute atomic E-state index is 0.256. The fraction of sp³-hybridized carbons (Fsp3) is 0.0714. The number of carbonyl (C=O) groups is 1. The molecule has 0 radical (unpaired) electrons. The van der Waals surface area contributed by atoms with E-state index in [1.807, 2.05) is 0 Å². The number of aryl methyl sites for hydroxylation is 1. The van der Waals surface area contributed by atoms with E-state index in [1.54, 1.807) is 25.1 Å². The van der Waals surface area contributed by atoms with Gasteiger partial charge in [0.25, 0.3) is 5.91 Å². The van der Waals surface area contributed by atoms with Crippen LogP contribution in [0.1, 0.15) is 16.2 Å². The van der Waals surface area contributed by atoms with Crippen molar-refractivity contribution >= 4 is 29.0 Å². The Labute approximate surface area is 124 Å². The van der Waals surface area contributed by atoms with Crippen molar-refractivity contribution in [1.82, 2.24) is 14.4 Å². The van der Waals surface area contributed by atoms with Gasteiger partial charge in [-0.25, -0.2) is 14.4 Å². The highest BCUT2D eigenvalue weighted by Gasteiger charge is 2.17. The molecule has 0 unspecified atom stereocenters. The molecule has 3 aromatic heterocycles. The van der Waals surface area contributed by atoms with Crippen molar-refractivity contribution in [2.75, 3.05) is 5.32 Å². The molecule has 106 valence electrons. The summed E-state index contributed by atoms with van der Waals surface area (Å²) in [4.78, 5) is 20.6. The lowest BCUT2D eigenvalue weighted by Crippen LogP contribution is -2.16. The van der Waals surface area contributed by atoms with Crippen molar-refractivity contribution in [3.05, 3.63) is 58.9 Å². The number of nitrogens with zero attached hydrogens (tertiary/aromatic N) is 3. The molecule has 3 rings (SSSR count). The number of imidazole rings is 1. The first-order valence-electron chi connectivity index (χ1n) is 6.13. The van der Waals surface area contributed by atoms with Crippen LogP contribution in [0, 0.1) is 12.7 Å². The van der Waals surface area contributed by atoms with Crippen LogP contribution in [0.2, 0.25) is 5.15 Å². The minimum Gasteiger partial charge on any atom is -0.305 e. The first-order chi connectivity index (χ1) is 10.0. The number of halogens is 2. The van der Waals surface area contributed by atoms with Gasteiger partial charge in [-0.1, -0.05) is 17.7 Å². The van der Waals surface area contributed by atoms with Crippen molar-refractivity contribution in [1.29, 1.82) is 0 Å². The summed E-state index contributed by atoms with van der Waals surface area (Å²) in [5.41, 5.74) is 1.25. The van der Waals surface area contributed by atoms with Crippen molar-refractivity contribution in [3.8, 4) is 0 Å². The van der Waals surface area contributed by atoms with Gasteiger partial charge < -0.3 is 5.32 Å². The van der Waals surface area contributed by atoms with Crippen LogP contribution in [0.15, 0.2) is 36.5 Å². The summed E-state index contributed by atoms with van der Waals surface area (Å²) in [6.45, 7) is 1.69. The fourth-order valence-electron chi connectivity index (χ4n) is 2.06. The first kappa shape index (κ1) is 13.5. The number of nitrogens with one attached hydrogen (secondary N) is 1. The maximum absolute atomic E-state index is 13.4. The van der Waals surface area contributed by atoms with Crippen LogP contribution in [0.3, 0.4) is 0 Å². The van der Waals surface area contributed by atoms with Gasteiger partial charge in [0.05, 0.1) is 5.69 Å². The molecule has 3 aromatic rings. The van der Waals surface area contributed by atoms with Gasteiger partial charge in [-0.3, -0.25) is 9.20 Å². The molecule has 0 aliphatic carbocycles. The van der Waals surface area contributed by atoms with Crippen LogP contribution in [-0.2, 0) is 0 Å². The summed E-state index contributed by atoms with van der Waals surface area (Å²) < 4.78 is 14.8. The van der Waals surface area contributed by atoms with E-state index in [-0.39, 0.29) is 10.8 Å². The molecule has 0 atom stereocenters. The molecule has 1 amide bonds. The van der Waals surface area contributed by atoms with Crippen molar-refractivity contribution < 1.29 is 9.18 Å². The summed E-state index contributed by atoms with van der Waals surface area (Å²) in [5.74, 6) is -0.562. The number of hydrogen-bond acceptors (Lipinski definition) is 3. The third-order valence-electron chi connectivity index (χ3n) is 2.93. The second-order valence-corrected chi connectivity index (χ2v) is 4.81. The van der Waals surface area contributed by atoms with Gasteiger partial charge in [-0.15, -0.1) is 0 Å². The maximum Gasteiger partial charge on any atom is 0.275 e. The molecule has 0 saturated carbocycles. The van der Waals surface area contributed by atoms with Gasteiger partial charge in [0.1, 0.15) is 28.1 Å². The molecule has 0 aliphatic rings. The average molecular weight is 305 g/mol. The number of pyridine rings is 2. The number of anilines is 1. The molecular weight excluding hydrogens is 295 g/mol. The summed E-state index contributed by atoms with van der Waals surface area (Å²) in [7, 11) is 0. The molecule has 21 heavy (non-hydrogen) atoms. The van der Waals surface area contributed by atoms with Gasteiger partial charge in [0.15, 0.2) is 0 Å². The molecular formula is C14H10ClFN4O. The van der Waals surface area contributed by atoms with Crippen LogP contribution < -0.4 is 5.32 Å². The van der Waals surface area contributed by atoms with E-state index in [2.05, 4.69) is 15.3 Å². The molecule has 1 N–H and O–H groups in total. The Hall–Kier alpha value is -2.47. The number of rotatable bonds is 2. The molecule has 0 spiro atoms. The molecule has 7 heteroatoms. The van der Waals surface area contributed by atoms with E-state index >= 15 is 0 Å². The van der Waals surface area contributed by atoms with Gasteiger partial charge in [-0.05, 0) is 31.2 Å². The summed E-state index contributed by atoms with van der Waals surface area (Å²) in [6.07, 6.45) is 1.22. The van der Waals surface area contributed by atoms with E-state index in [0.29, 0.717) is 17.2 Å². The van der Waals surface area contributed by atoms with Crippen LogP contribution in [0.25, 0.3) is 5.65 Å². The molecule has 5 nitrogen and oxygen atoms in total. The second-order valence-electron chi connectivity index (χ2n) is 4.42. The van der Waals surface area contributed by atoms with Crippen molar-refractivity contribution in [2.24, 2.45) is 0 Å². The Kier molecular flexibility index (Phi) is 3.31. The fourth-order valence-corrected chi connectivity index (χ4v) is 2.23. The van der Waals surface area contributed by atoms with Gasteiger partial charge in [-0.2, -0.15) is 0 Å². The Balaban J connectivity index is 2.01. The zero-order valence-electron chi connectivity index (χ0n) is 11.0. The summed E-state index contributed by atoms with van der Waals surface area (Å²) in [5, 5.41) is 2.89.